The second kappa shape index (κ2) is 6.58. The summed E-state index contributed by atoms with van der Waals surface area (Å²) in [6, 6.07) is 17.9. The van der Waals surface area contributed by atoms with Gasteiger partial charge in [0.25, 0.3) is 0 Å². The van der Waals surface area contributed by atoms with Crippen LogP contribution in [0, 0.1) is 6.92 Å². The van der Waals surface area contributed by atoms with Crippen molar-refractivity contribution in [2.75, 3.05) is 0 Å². The van der Waals surface area contributed by atoms with Crippen LogP contribution < -0.4 is 0 Å². The van der Waals surface area contributed by atoms with Gasteiger partial charge in [0, 0.05) is 10.9 Å². The fraction of sp³-hybridized carbons (Fsp3) is 0.111. The van der Waals surface area contributed by atoms with E-state index in [1.54, 1.807) is 6.21 Å². The first-order valence-corrected chi connectivity index (χ1v) is 7.36. The molecule has 0 unspecified atom stereocenters. The van der Waals surface area contributed by atoms with Crippen molar-refractivity contribution in [2.45, 2.75) is 13.5 Å². The minimum Gasteiger partial charge on any atom is -0.391 e. The largest absolute Gasteiger partial charge is 0.391 e. The fourth-order valence-electron chi connectivity index (χ4n) is 2.16. The van der Waals surface area contributed by atoms with Crippen LogP contribution in [-0.2, 0) is 11.4 Å². The Balaban J connectivity index is 1.75. The number of hydrogen-bond acceptors (Lipinski definition) is 3. The number of halogens is 1. The quantitative estimate of drug-likeness (QED) is 0.396. The Morgan fingerprint density at radius 3 is 2.77 bits per heavy atom. The molecule has 22 heavy (non-hydrogen) atoms. The molecule has 0 aliphatic heterocycles. The zero-order valence-electron chi connectivity index (χ0n) is 12.2. The maximum absolute atomic E-state index is 6.18. The van der Waals surface area contributed by atoms with E-state index in [1.165, 1.54) is 5.56 Å². The van der Waals surface area contributed by atoms with Crippen LogP contribution in [-0.4, -0.2) is 11.2 Å². The van der Waals surface area contributed by atoms with E-state index in [4.69, 9.17) is 16.4 Å². The molecule has 0 saturated heterocycles. The van der Waals surface area contributed by atoms with E-state index >= 15 is 0 Å². The molecule has 3 nitrogen and oxygen atoms in total. The van der Waals surface area contributed by atoms with Gasteiger partial charge in [-0.25, -0.2) is 4.98 Å². The summed E-state index contributed by atoms with van der Waals surface area (Å²) in [5.41, 5.74) is 3.86. The van der Waals surface area contributed by atoms with Crippen molar-refractivity contribution in [3.05, 3.63) is 76.4 Å². The van der Waals surface area contributed by atoms with E-state index in [9.17, 15) is 0 Å². The summed E-state index contributed by atoms with van der Waals surface area (Å²) in [6.45, 7) is 2.47. The van der Waals surface area contributed by atoms with E-state index in [-0.39, 0.29) is 0 Å². The van der Waals surface area contributed by atoms with Crippen LogP contribution in [0.1, 0.15) is 16.7 Å². The van der Waals surface area contributed by atoms with Gasteiger partial charge in [-0.2, -0.15) is 0 Å². The Kier molecular flexibility index (Phi) is 4.35. The van der Waals surface area contributed by atoms with Crippen LogP contribution in [0.4, 0.5) is 0 Å². The first-order chi connectivity index (χ1) is 10.7. The third kappa shape index (κ3) is 3.43. The predicted molar refractivity (Wildman–Crippen MR) is 90.3 cm³/mol. The maximum Gasteiger partial charge on any atom is 0.142 e. The Morgan fingerprint density at radius 2 is 1.95 bits per heavy atom. The number of pyridine rings is 1. The lowest BCUT2D eigenvalue weighted by atomic mass is 10.1. The summed E-state index contributed by atoms with van der Waals surface area (Å²) < 4.78 is 0. The third-order valence-electron chi connectivity index (χ3n) is 3.29. The van der Waals surface area contributed by atoms with Crippen LogP contribution in [0.2, 0.25) is 5.15 Å². The highest BCUT2D eigenvalue weighted by Gasteiger charge is 2.03. The molecule has 1 heterocycles. The summed E-state index contributed by atoms with van der Waals surface area (Å²) in [5.74, 6) is 0. The minimum atomic E-state index is 0.420. The van der Waals surface area contributed by atoms with E-state index < -0.39 is 0 Å². The zero-order valence-corrected chi connectivity index (χ0v) is 12.9. The average Bonchev–Trinajstić information content (AvgIpc) is 2.53. The van der Waals surface area contributed by atoms with Crippen molar-refractivity contribution >= 4 is 28.7 Å². The molecule has 0 amide bonds. The van der Waals surface area contributed by atoms with Crippen molar-refractivity contribution < 1.29 is 4.84 Å². The molecule has 4 heteroatoms. The minimum absolute atomic E-state index is 0.420. The monoisotopic (exact) mass is 310 g/mol. The Bertz CT molecular complexity index is 816. The summed E-state index contributed by atoms with van der Waals surface area (Å²) in [4.78, 5) is 9.67. The van der Waals surface area contributed by atoms with Gasteiger partial charge in [-0.3, -0.25) is 0 Å². The SMILES string of the molecule is Cc1ccc2nc(Cl)c(/C=N/OCc3ccccc3)cc2c1. The lowest BCUT2D eigenvalue weighted by Crippen LogP contribution is -1.91. The molecule has 2 aromatic carbocycles. The molecule has 3 rings (SSSR count). The molecule has 0 N–H and O–H groups in total. The van der Waals surface area contributed by atoms with Gasteiger partial charge in [-0.1, -0.05) is 58.7 Å². The Hall–Kier alpha value is -2.39. The first-order valence-electron chi connectivity index (χ1n) is 6.98. The second-order valence-electron chi connectivity index (χ2n) is 5.06. The van der Waals surface area contributed by atoms with E-state index in [2.05, 4.69) is 16.2 Å². The fourth-order valence-corrected chi connectivity index (χ4v) is 2.35. The van der Waals surface area contributed by atoms with Crippen molar-refractivity contribution in [1.82, 2.24) is 4.98 Å². The molecule has 0 bridgehead atoms. The van der Waals surface area contributed by atoms with E-state index in [0.717, 1.165) is 22.0 Å². The number of hydrogen-bond donors (Lipinski definition) is 0. The molecular formula is C18H15ClN2O. The van der Waals surface area contributed by atoms with Gasteiger partial charge in [-0.15, -0.1) is 0 Å². The molecule has 0 aliphatic rings. The van der Waals surface area contributed by atoms with Crippen LogP contribution in [0.15, 0.2) is 59.8 Å². The summed E-state index contributed by atoms with van der Waals surface area (Å²) in [5, 5.41) is 5.43. The highest BCUT2D eigenvalue weighted by atomic mass is 35.5. The molecule has 0 fully saturated rings. The number of oxime groups is 1. The van der Waals surface area contributed by atoms with Gasteiger partial charge < -0.3 is 4.84 Å². The summed E-state index contributed by atoms with van der Waals surface area (Å²) in [6.07, 6.45) is 1.60. The number of benzene rings is 2. The van der Waals surface area contributed by atoms with Gasteiger partial charge in [0.05, 0.1) is 11.7 Å². The lowest BCUT2D eigenvalue weighted by Gasteiger charge is -2.03. The van der Waals surface area contributed by atoms with Gasteiger partial charge in [0.15, 0.2) is 0 Å². The predicted octanol–water partition coefficient (Wildman–Crippen LogP) is 4.75. The molecule has 0 radical (unpaired) electrons. The molecular weight excluding hydrogens is 296 g/mol. The number of aromatic nitrogens is 1. The van der Waals surface area contributed by atoms with E-state index in [0.29, 0.717) is 11.8 Å². The summed E-state index contributed by atoms with van der Waals surface area (Å²) >= 11 is 6.18. The highest BCUT2D eigenvalue weighted by molar-refractivity contribution is 6.32. The van der Waals surface area contributed by atoms with Crippen molar-refractivity contribution in [3.8, 4) is 0 Å². The number of nitrogens with zero attached hydrogens (tertiary/aromatic N) is 2. The first kappa shape index (κ1) is 14.5. The normalized spacial score (nSPS) is 11.2. The van der Waals surface area contributed by atoms with Crippen LogP contribution in [0.5, 0.6) is 0 Å². The molecule has 0 spiro atoms. The van der Waals surface area contributed by atoms with Gasteiger partial charge in [0.2, 0.25) is 0 Å². The number of aryl methyl sites for hydroxylation is 1. The smallest absolute Gasteiger partial charge is 0.142 e. The average molecular weight is 311 g/mol. The molecule has 1 aromatic heterocycles. The Labute approximate surface area is 134 Å². The topological polar surface area (TPSA) is 34.5 Å². The second-order valence-corrected chi connectivity index (χ2v) is 5.42. The van der Waals surface area contributed by atoms with Gasteiger partial charge >= 0.3 is 0 Å². The van der Waals surface area contributed by atoms with Crippen molar-refractivity contribution in [1.29, 1.82) is 0 Å². The number of fused-ring (bicyclic) bond motifs is 1. The third-order valence-corrected chi connectivity index (χ3v) is 3.59. The maximum atomic E-state index is 6.18. The number of rotatable bonds is 4. The highest BCUT2D eigenvalue weighted by Crippen LogP contribution is 2.20. The lowest BCUT2D eigenvalue weighted by molar-refractivity contribution is 0.132. The standard InChI is InChI=1S/C18H15ClN2O/c1-13-7-8-17-15(9-13)10-16(18(19)21-17)11-20-22-12-14-5-3-2-4-6-14/h2-11H,12H2,1H3/b20-11+. The van der Waals surface area contributed by atoms with Crippen LogP contribution in [0.3, 0.4) is 0 Å². The van der Waals surface area contributed by atoms with Crippen molar-refractivity contribution in [3.63, 3.8) is 0 Å². The van der Waals surface area contributed by atoms with Gasteiger partial charge in [-0.05, 0) is 30.7 Å². The zero-order chi connectivity index (χ0) is 15.4. The van der Waals surface area contributed by atoms with Crippen LogP contribution in [0.25, 0.3) is 10.9 Å². The molecule has 0 aliphatic carbocycles. The van der Waals surface area contributed by atoms with Crippen LogP contribution >= 0.6 is 11.6 Å². The van der Waals surface area contributed by atoms with Crippen molar-refractivity contribution in [2.24, 2.45) is 5.16 Å². The molecule has 3 aromatic rings. The molecule has 0 atom stereocenters. The summed E-state index contributed by atoms with van der Waals surface area (Å²) in [7, 11) is 0. The molecule has 110 valence electrons. The van der Waals surface area contributed by atoms with E-state index in [1.807, 2.05) is 55.5 Å². The molecule has 0 saturated carbocycles. The Morgan fingerprint density at radius 1 is 1.14 bits per heavy atom. The van der Waals surface area contributed by atoms with Gasteiger partial charge in [0.1, 0.15) is 11.8 Å².